The quantitative estimate of drug-likeness (QED) is 0.310. The van der Waals surface area contributed by atoms with Gasteiger partial charge in [-0.05, 0) is 31.2 Å². The number of guanidine groups is 1. The largest absolute Gasteiger partial charge is 0.381 e. The summed E-state index contributed by atoms with van der Waals surface area (Å²) in [6, 6.07) is 4.02. The van der Waals surface area contributed by atoms with Crippen molar-refractivity contribution >= 4 is 17.7 Å². The van der Waals surface area contributed by atoms with Crippen LogP contribution in [-0.2, 0) is 16.1 Å². The molecule has 0 aromatic carbocycles. The predicted octanol–water partition coefficient (Wildman–Crippen LogP) is 1.51. The van der Waals surface area contributed by atoms with Crippen LogP contribution in [0.2, 0.25) is 0 Å². The molecule has 162 valence electrons. The number of hydrogen-bond acceptors (Lipinski definition) is 5. The van der Waals surface area contributed by atoms with Gasteiger partial charge < -0.3 is 26.0 Å². The second kappa shape index (κ2) is 12.3. The van der Waals surface area contributed by atoms with E-state index in [4.69, 9.17) is 10.5 Å². The van der Waals surface area contributed by atoms with Gasteiger partial charge in [-0.2, -0.15) is 0 Å². The zero-order valence-electron chi connectivity index (χ0n) is 18.0. The average molecular weight is 405 g/mol. The number of carbonyl (C=O) groups excluding carboxylic acids is 1. The number of amides is 1. The third-order valence-corrected chi connectivity index (χ3v) is 4.94. The van der Waals surface area contributed by atoms with E-state index in [2.05, 4.69) is 45.4 Å². The van der Waals surface area contributed by atoms with Crippen LogP contribution in [0.5, 0.6) is 0 Å². The van der Waals surface area contributed by atoms with Crippen molar-refractivity contribution in [2.75, 3.05) is 44.8 Å². The third kappa shape index (κ3) is 7.89. The number of carbonyl (C=O) groups is 1. The summed E-state index contributed by atoms with van der Waals surface area (Å²) in [4.78, 5) is 22.5. The number of anilines is 1. The number of rotatable bonds is 10. The number of nitrogens with zero attached hydrogens (tertiary/aromatic N) is 3. The Morgan fingerprint density at radius 3 is 2.79 bits per heavy atom. The Morgan fingerprint density at radius 1 is 1.38 bits per heavy atom. The van der Waals surface area contributed by atoms with E-state index in [1.807, 2.05) is 12.3 Å². The van der Waals surface area contributed by atoms with Gasteiger partial charge in [0.1, 0.15) is 5.82 Å². The first kappa shape index (κ1) is 22.9. The van der Waals surface area contributed by atoms with E-state index in [1.165, 1.54) is 0 Å². The van der Waals surface area contributed by atoms with E-state index >= 15 is 0 Å². The van der Waals surface area contributed by atoms with E-state index in [0.717, 1.165) is 69.5 Å². The van der Waals surface area contributed by atoms with Crippen LogP contribution in [0, 0.1) is 11.8 Å². The zero-order valence-corrected chi connectivity index (χ0v) is 18.0. The Bertz CT molecular complexity index is 656. The Balaban J connectivity index is 1.80. The lowest BCUT2D eigenvalue weighted by molar-refractivity contribution is -0.122. The second-order valence-electron chi connectivity index (χ2n) is 7.82. The van der Waals surface area contributed by atoms with Gasteiger partial charge in [0, 0.05) is 64.1 Å². The van der Waals surface area contributed by atoms with Crippen LogP contribution in [0.4, 0.5) is 5.82 Å². The number of primary amides is 1. The molecule has 0 atom stereocenters. The molecule has 8 heteroatoms. The molecule has 0 bridgehead atoms. The summed E-state index contributed by atoms with van der Waals surface area (Å²) in [7, 11) is 1.77. The Labute approximate surface area is 174 Å². The molecule has 0 spiro atoms. The first-order valence-corrected chi connectivity index (χ1v) is 10.5. The first-order valence-electron chi connectivity index (χ1n) is 10.5. The monoisotopic (exact) mass is 404 g/mol. The van der Waals surface area contributed by atoms with Gasteiger partial charge >= 0.3 is 0 Å². The first-order chi connectivity index (χ1) is 14.0. The number of hydrogen-bond donors (Lipinski definition) is 3. The van der Waals surface area contributed by atoms with E-state index < -0.39 is 0 Å². The lowest BCUT2D eigenvalue weighted by atomic mass is 9.96. The SMILES string of the molecule is CN=C(NCCCOCC(C)C)NCc1cccnc1N1CCC(C(N)=O)CC1. The molecule has 4 N–H and O–H groups in total. The fraction of sp³-hybridized carbons (Fsp3) is 0.667. The number of nitrogens with two attached hydrogens (primary N) is 1. The molecule has 2 rings (SSSR count). The van der Waals surface area contributed by atoms with E-state index in [1.54, 1.807) is 7.05 Å². The fourth-order valence-corrected chi connectivity index (χ4v) is 3.33. The number of nitrogens with one attached hydrogen (secondary N) is 2. The minimum Gasteiger partial charge on any atom is -0.381 e. The molecule has 1 aliphatic rings. The zero-order chi connectivity index (χ0) is 21.1. The van der Waals surface area contributed by atoms with Crippen LogP contribution >= 0.6 is 0 Å². The van der Waals surface area contributed by atoms with Crippen LogP contribution < -0.4 is 21.3 Å². The molecule has 1 aliphatic heterocycles. The number of aromatic nitrogens is 1. The molecule has 0 unspecified atom stereocenters. The highest BCUT2D eigenvalue weighted by Crippen LogP contribution is 2.24. The van der Waals surface area contributed by atoms with Crippen molar-refractivity contribution in [2.24, 2.45) is 22.6 Å². The summed E-state index contributed by atoms with van der Waals surface area (Å²) >= 11 is 0. The Morgan fingerprint density at radius 2 is 2.14 bits per heavy atom. The van der Waals surface area contributed by atoms with Gasteiger partial charge in [0.2, 0.25) is 5.91 Å². The Kier molecular flexibility index (Phi) is 9.70. The number of aliphatic imine (C=N–C) groups is 1. The van der Waals surface area contributed by atoms with Gasteiger partial charge in [-0.15, -0.1) is 0 Å². The Hall–Kier alpha value is -2.35. The van der Waals surface area contributed by atoms with Gasteiger partial charge in [0.25, 0.3) is 0 Å². The highest BCUT2D eigenvalue weighted by molar-refractivity contribution is 5.79. The van der Waals surface area contributed by atoms with Crippen molar-refractivity contribution in [3.63, 3.8) is 0 Å². The van der Waals surface area contributed by atoms with Gasteiger partial charge in [0.15, 0.2) is 5.96 Å². The van der Waals surface area contributed by atoms with Crippen LogP contribution in [0.25, 0.3) is 0 Å². The molecule has 2 heterocycles. The van der Waals surface area contributed by atoms with Gasteiger partial charge in [-0.1, -0.05) is 19.9 Å². The maximum Gasteiger partial charge on any atom is 0.220 e. The molecule has 1 aromatic rings. The number of ether oxygens (including phenoxy) is 1. The molecule has 0 radical (unpaired) electrons. The minimum absolute atomic E-state index is 0.0240. The smallest absolute Gasteiger partial charge is 0.220 e. The number of piperidine rings is 1. The number of pyridine rings is 1. The topological polar surface area (TPSA) is 105 Å². The lowest BCUT2D eigenvalue weighted by Gasteiger charge is -2.32. The van der Waals surface area contributed by atoms with Gasteiger partial charge in [-0.25, -0.2) is 4.98 Å². The molecular formula is C21H36N6O2. The molecule has 8 nitrogen and oxygen atoms in total. The molecule has 1 fully saturated rings. The van der Waals surface area contributed by atoms with E-state index in [-0.39, 0.29) is 11.8 Å². The molecular weight excluding hydrogens is 368 g/mol. The maximum atomic E-state index is 11.4. The van der Waals surface area contributed by atoms with Crippen molar-refractivity contribution in [3.05, 3.63) is 23.9 Å². The van der Waals surface area contributed by atoms with Crippen LogP contribution in [0.1, 0.15) is 38.7 Å². The van der Waals surface area contributed by atoms with Crippen LogP contribution in [0.3, 0.4) is 0 Å². The van der Waals surface area contributed by atoms with Crippen molar-refractivity contribution in [3.8, 4) is 0 Å². The fourth-order valence-electron chi connectivity index (χ4n) is 3.33. The maximum absolute atomic E-state index is 11.4. The van der Waals surface area contributed by atoms with Crippen LogP contribution in [0.15, 0.2) is 23.3 Å². The summed E-state index contributed by atoms with van der Waals surface area (Å²) in [6.45, 7) is 8.86. The normalized spacial score (nSPS) is 15.6. The summed E-state index contributed by atoms with van der Waals surface area (Å²) < 4.78 is 5.60. The summed E-state index contributed by atoms with van der Waals surface area (Å²) in [5, 5.41) is 6.68. The van der Waals surface area contributed by atoms with Crippen molar-refractivity contribution in [1.82, 2.24) is 15.6 Å². The van der Waals surface area contributed by atoms with Crippen molar-refractivity contribution < 1.29 is 9.53 Å². The highest BCUT2D eigenvalue weighted by Gasteiger charge is 2.24. The molecule has 1 aromatic heterocycles. The van der Waals surface area contributed by atoms with Crippen molar-refractivity contribution in [1.29, 1.82) is 0 Å². The second-order valence-corrected chi connectivity index (χ2v) is 7.82. The third-order valence-electron chi connectivity index (χ3n) is 4.94. The summed E-state index contributed by atoms with van der Waals surface area (Å²) in [5.74, 6) is 2.06. The molecule has 1 amide bonds. The van der Waals surface area contributed by atoms with Crippen molar-refractivity contribution in [2.45, 2.75) is 39.7 Å². The van der Waals surface area contributed by atoms with E-state index in [9.17, 15) is 4.79 Å². The summed E-state index contributed by atoms with van der Waals surface area (Å²) in [6.07, 6.45) is 4.30. The lowest BCUT2D eigenvalue weighted by Crippen LogP contribution is -2.40. The van der Waals surface area contributed by atoms with Gasteiger partial charge in [-0.3, -0.25) is 9.79 Å². The summed E-state index contributed by atoms with van der Waals surface area (Å²) in [5.41, 5.74) is 6.55. The standard InChI is InChI=1S/C21H36N6O2/c1-16(2)15-29-13-5-10-25-21(23-3)26-14-18-6-4-9-24-20(18)27-11-7-17(8-12-27)19(22)28/h4,6,9,16-17H,5,7-8,10-15H2,1-3H3,(H2,22,28)(H2,23,25,26). The van der Waals surface area contributed by atoms with Gasteiger partial charge in [0.05, 0.1) is 0 Å². The molecule has 29 heavy (non-hydrogen) atoms. The van der Waals surface area contributed by atoms with Crippen LogP contribution in [-0.4, -0.2) is 56.7 Å². The van der Waals surface area contributed by atoms with E-state index in [0.29, 0.717) is 12.5 Å². The molecule has 0 aliphatic carbocycles. The predicted molar refractivity (Wildman–Crippen MR) is 117 cm³/mol. The highest BCUT2D eigenvalue weighted by atomic mass is 16.5. The average Bonchev–Trinajstić information content (AvgIpc) is 2.72. The molecule has 0 saturated carbocycles. The minimum atomic E-state index is -0.197. The molecule has 1 saturated heterocycles.